The van der Waals surface area contributed by atoms with Crippen molar-refractivity contribution >= 4 is 11.6 Å². The molecule has 0 unspecified atom stereocenters. The molecule has 24 heavy (non-hydrogen) atoms. The first-order valence-corrected chi connectivity index (χ1v) is 7.87. The Morgan fingerprint density at radius 1 is 1.04 bits per heavy atom. The van der Waals surface area contributed by atoms with Crippen LogP contribution in [-0.2, 0) is 21.7 Å². The first-order chi connectivity index (χ1) is 11.1. The van der Waals surface area contributed by atoms with Gasteiger partial charge in [-0.3, -0.25) is 4.79 Å². The van der Waals surface area contributed by atoms with Crippen LogP contribution in [0.2, 0.25) is 0 Å². The van der Waals surface area contributed by atoms with Crippen LogP contribution < -0.4 is 4.90 Å². The second-order valence-corrected chi connectivity index (χ2v) is 5.39. The van der Waals surface area contributed by atoms with Gasteiger partial charge in [-0.15, -0.1) is 18.2 Å². The summed E-state index contributed by atoms with van der Waals surface area (Å²) >= 11 is 0. The number of nitrogens with zero attached hydrogens (tertiary/aromatic N) is 1. The van der Waals surface area contributed by atoms with E-state index < -0.39 is 11.6 Å². The molecule has 0 bridgehead atoms. The number of carbonyl (C=O) groups excluding carboxylic acids is 1. The maximum atomic E-state index is 14.1. The topological polar surface area (TPSA) is 20.3 Å². The van der Waals surface area contributed by atoms with Crippen molar-refractivity contribution in [3.05, 3.63) is 65.7 Å². The quantitative estimate of drug-likeness (QED) is 0.385. The summed E-state index contributed by atoms with van der Waals surface area (Å²) in [7, 11) is 0. The van der Waals surface area contributed by atoms with Crippen molar-refractivity contribution in [1.29, 1.82) is 0 Å². The molecule has 2 aromatic carbocycles. The zero-order chi connectivity index (χ0) is 16.7. The molecule has 0 aliphatic rings. The average molecular weight is 364 g/mol. The van der Waals surface area contributed by atoms with E-state index in [-0.39, 0.29) is 33.3 Å². The maximum absolute atomic E-state index is 14.1. The van der Waals surface area contributed by atoms with Crippen LogP contribution in [0.5, 0.6) is 0 Å². The normalized spacial score (nSPS) is 10.1. The molecule has 0 spiro atoms. The van der Waals surface area contributed by atoms with Crippen molar-refractivity contribution in [2.24, 2.45) is 0 Å². The Morgan fingerprint density at radius 3 is 2.38 bits per heavy atom. The van der Waals surface area contributed by atoms with Gasteiger partial charge in [0.1, 0.15) is 0 Å². The van der Waals surface area contributed by atoms with Crippen LogP contribution in [0.4, 0.5) is 14.5 Å². The second-order valence-electron chi connectivity index (χ2n) is 5.39. The molecule has 0 saturated carbocycles. The number of hydrogen-bond donors (Lipinski definition) is 0. The fraction of sp³-hybridized carbons (Fsp3) is 0.316. The minimum absolute atomic E-state index is 0. The van der Waals surface area contributed by atoms with Crippen LogP contribution in [-0.4, -0.2) is 12.5 Å². The fourth-order valence-corrected chi connectivity index (χ4v) is 2.41. The third-order valence-corrected chi connectivity index (χ3v) is 3.63. The molecule has 126 valence electrons. The Labute approximate surface area is 156 Å². The van der Waals surface area contributed by atoms with E-state index in [1.807, 2.05) is 12.1 Å². The van der Waals surface area contributed by atoms with Crippen molar-refractivity contribution in [2.75, 3.05) is 11.4 Å². The van der Waals surface area contributed by atoms with E-state index in [9.17, 15) is 13.6 Å². The summed E-state index contributed by atoms with van der Waals surface area (Å²) in [5, 5.41) is 0. The summed E-state index contributed by atoms with van der Waals surface area (Å²) in [5.74, 6) is -1.91. The van der Waals surface area contributed by atoms with Crippen LogP contribution in [0.3, 0.4) is 0 Å². The van der Waals surface area contributed by atoms with E-state index in [2.05, 4.69) is 6.92 Å². The number of hydrogen-bond acceptors (Lipinski definition) is 1. The Kier molecular flexibility index (Phi) is 8.87. The zero-order valence-electron chi connectivity index (χ0n) is 13.7. The number of amides is 1. The molecule has 0 N–H and O–H groups in total. The van der Waals surface area contributed by atoms with E-state index in [0.29, 0.717) is 12.1 Å². The number of halogens is 2. The minimum atomic E-state index is -0.843. The Bertz CT molecular complexity index is 649. The van der Waals surface area contributed by atoms with E-state index in [0.717, 1.165) is 31.7 Å². The van der Waals surface area contributed by atoms with Crippen molar-refractivity contribution in [3.63, 3.8) is 0 Å². The van der Waals surface area contributed by atoms with Gasteiger partial charge in [-0.25, -0.2) is 8.78 Å². The molecule has 0 saturated heterocycles. The van der Waals surface area contributed by atoms with Crippen molar-refractivity contribution < 1.29 is 35.3 Å². The molecule has 2 rings (SSSR count). The molecule has 0 aromatic heterocycles. The summed E-state index contributed by atoms with van der Waals surface area (Å²) in [6.07, 6.45) is 3.86. The largest absolute Gasteiger partial charge is 0.359 e. The summed E-state index contributed by atoms with van der Waals surface area (Å²) in [6.45, 7) is 2.49. The van der Waals surface area contributed by atoms with Gasteiger partial charge in [0, 0.05) is 45.5 Å². The summed E-state index contributed by atoms with van der Waals surface area (Å²) in [4.78, 5) is 14.1. The first-order valence-electron chi connectivity index (χ1n) is 7.87. The van der Waals surface area contributed by atoms with Crippen LogP contribution >= 0.6 is 0 Å². The third-order valence-electron chi connectivity index (χ3n) is 3.63. The molecule has 2 aromatic rings. The van der Waals surface area contributed by atoms with Crippen LogP contribution in [0.15, 0.2) is 42.5 Å². The average Bonchev–Trinajstić information content (AvgIpc) is 2.56. The molecule has 2 nitrogen and oxygen atoms in total. The molecular weight excluding hydrogens is 344 g/mol. The third kappa shape index (κ3) is 5.53. The zero-order valence-corrected chi connectivity index (χ0v) is 15.2. The number of rotatable bonds is 7. The second kappa shape index (κ2) is 10.4. The van der Waals surface area contributed by atoms with Crippen LogP contribution in [0.25, 0.3) is 0 Å². The van der Waals surface area contributed by atoms with Gasteiger partial charge in [0.05, 0.1) is 0 Å². The summed E-state index contributed by atoms with van der Waals surface area (Å²) in [6, 6.07) is 13.1. The monoisotopic (exact) mass is 364 g/mol. The van der Waals surface area contributed by atoms with Gasteiger partial charge in [0.2, 0.25) is 5.91 Å². The summed E-state index contributed by atoms with van der Waals surface area (Å²) in [5.41, 5.74) is 0.545. The van der Waals surface area contributed by atoms with Gasteiger partial charge in [0.25, 0.3) is 0 Å². The SMILES string of the molecule is CCCCCCN(C(=O)c1ccccc1)c1ccc(F)[c-]c1F.[Ti]. The van der Waals surface area contributed by atoms with E-state index in [1.54, 1.807) is 24.3 Å². The van der Waals surface area contributed by atoms with Gasteiger partial charge < -0.3 is 4.90 Å². The Balaban J connectivity index is 0.00000288. The minimum Gasteiger partial charge on any atom is -0.359 e. The molecule has 0 atom stereocenters. The Morgan fingerprint density at radius 2 is 1.75 bits per heavy atom. The number of carbonyl (C=O) groups is 1. The number of anilines is 1. The predicted octanol–water partition coefficient (Wildman–Crippen LogP) is 4.99. The number of unbranched alkanes of at least 4 members (excludes halogenated alkanes) is 3. The molecule has 0 aliphatic heterocycles. The van der Waals surface area contributed by atoms with Crippen molar-refractivity contribution in [2.45, 2.75) is 32.6 Å². The molecule has 0 radical (unpaired) electrons. The van der Waals surface area contributed by atoms with Gasteiger partial charge in [-0.2, -0.15) is 0 Å². The molecule has 0 aliphatic carbocycles. The van der Waals surface area contributed by atoms with E-state index >= 15 is 0 Å². The van der Waals surface area contributed by atoms with Crippen molar-refractivity contribution in [3.8, 4) is 0 Å². The molecule has 0 fully saturated rings. The van der Waals surface area contributed by atoms with Crippen LogP contribution in [0, 0.1) is 17.7 Å². The predicted molar refractivity (Wildman–Crippen MR) is 87.5 cm³/mol. The molecule has 0 heterocycles. The number of benzene rings is 2. The maximum Gasteiger partial charge on any atom is 0.247 e. The standard InChI is InChI=1S/C19H20F2NO.Ti/c1-2-3-4-8-13-22(18-12-11-16(20)14-17(18)21)19(23)15-9-6-5-7-10-15;/h5-7,9-12H,2-4,8,13H2,1H3;/q-1;. The summed E-state index contributed by atoms with van der Waals surface area (Å²) < 4.78 is 27.2. The van der Waals surface area contributed by atoms with Crippen LogP contribution in [0.1, 0.15) is 43.0 Å². The van der Waals surface area contributed by atoms with E-state index in [4.69, 9.17) is 0 Å². The van der Waals surface area contributed by atoms with Gasteiger partial charge in [-0.1, -0.05) is 44.4 Å². The fourth-order valence-electron chi connectivity index (χ4n) is 2.41. The molecule has 5 heteroatoms. The smallest absolute Gasteiger partial charge is 0.247 e. The van der Waals surface area contributed by atoms with Crippen molar-refractivity contribution in [1.82, 2.24) is 0 Å². The van der Waals surface area contributed by atoms with Gasteiger partial charge in [-0.05, 0) is 24.2 Å². The molecule has 1 amide bonds. The first kappa shape index (κ1) is 20.5. The Hall–Kier alpha value is -1.52. The van der Waals surface area contributed by atoms with E-state index in [1.165, 1.54) is 11.0 Å². The van der Waals surface area contributed by atoms with Gasteiger partial charge >= 0.3 is 0 Å². The van der Waals surface area contributed by atoms with Gasteiger partial charge in [0.15, 0.2) is 0 Å². The molecular formula is C19H20F2NOTi-.